The third-order valence-corrected chi connectivity index (χ3v) is 2.23. The van der Waals surface area contributed by atoms with E-state index in [0.717, 1.165) is 6.42 Å². The monoisotopic (exact) mass is 196 g/mol. The summed E-state index contributed by atoms with van der Waals surface area (Å²) < 4.78 is 9.97. The van der Waals surface area contributed by atoms with E-state index in [-0.39, 0.29) is 6.29 Å². The molecule has 0 fully saturated rings. The zero-order chi connectivity index (χ0) is 7.28. The number of alkyl halides is 1. The van der Waals surface area contributed by atoms with Gasteiger partial charge in [0, 0.05) is 14.2 Å². The number of hydrogen-bond acceptors (Lipinski definition) is 2. The molecule has 0 aliphatic carbocycles. The molecular formula is C6H13BrO2. The molecule has 0 aromatic rings. The van der Waals surface area contributed by atoms with Crippen molar-refractivity contribution in [2.75, 3.05) is 14.2 Å². The molecule has 0 aromatic heterocycles. The van der Waals surface area contributed by atoms with E-state index in [1.807, 2.05) is 0 Å². The molecule has 9 heavy (non-hydrogen) atoms. The van der Waals surface area contributed by atoms with Gasteiger partial charge in [0.15, 0.2) is 6.29 Å². The zero-order valence-corrected chi connectivity index (χ0v) is 7.64. The van der Waals surface area contributed by atoms with Gasteiger partial charge in [-0.15, -0.1) is 0 Å². The van der Waals surface area contributed by atoms with Crippen molar-refractivity contribution in [1.29, 1.82) is 0 Å². The van der Waals surface area contributed by atoms with E-state index >= 15 is 0 Å². The van der Waals surface area contributed by atoms with E-state index in [4.69, 9.17) is 9.47 Å². The molecule has 0 rings (SSSR count). The second-order valence-electron chi connectivity index (χ2n) is 1.76. The SMILES string of the molecule is CC[C@@H](Br)C(OC)OC. The molecular weight excluding hydrogens is 184 g/mol. The predicted octanol–water partition coefficient (Wildman–Crippen LogP) is 1.78. The molecule has 0 saturated carbocycles. The molecule has 0 heterocycles. The van der Waals surface area contributed by atoms with Crippen molar-refractivity contribution in [3.8, 4) is 0 Å². The van der Waals surface area contributed by atoms with E-state index in [9.17, 15) is 0 Å². The van der Waals surface area contributed by atoms with E-state index in [2.05, 4.69) is 22.9 Å². The van der Waals surface area contributed by atoms with Crippen LogP contribution in [-0.2, 0) is 9.47 Å². The fourth-order valence-electron chi connectivity index (χ4n) is 0.584. The molecule has 0 aromatic carbocycles. The van der Waals surface area contributed by atoms with Gasteiger partial charge in [0.1, 0.15) is 0 Å². The Balaban J connectivity index is 3.50. The van der Waals surface area contributed by atoms with Crippen LogP contribution in [0.2, 0.25) is 0 Å². The lowest BCUT2D eigenvalue weighted by Crippen LogP contribution is -2.23. The summed E-state index contributed by atoms with van der Waals surface area (Å²) in [6.07, 6.45) is 0.891. The van der Waals surface area contributed by atoms with Crippen LogP contribution in [0.25, 0.3) is 0 Å². The normalized spacial score (nSPS) is 14.3. The number of halogens is 1. The lowest BCUT2D eigenvalue weighted by molar-refractivity contribution is -0.100. The first-order chi connectivity index (χ1) is 4.26. The van der Waals surface area contributed by atoms with Crippen LogP contribution in [0.5, 0.6) is 0 Å². The lowest BCUT2D eigenvalue weighted by Gasteiger charge is -2.17. The summed E-state index contributed by atoms with van der Waals surface area (Å²) in [7, 11) is 3.27. The Morgan fingerprint density at radius 1 is 1.33 bits per heavy atom. The summed E-state index contributed by atoms with van der Waals surface area (Å²) in [5.41, 5.74) is 0. The third kappa shape index (κ3) is 3.18. The van der Waals surface area contributed by atoms with Gasteiger partial charge in [0.05, 0.1) is 4.83 Å². The Morgan fingerprint density at radius 2 is 1.78 bits per heavy atom. The minimum absolute atomic E-state index is 0.116. The van der Waals surface area contributed by atoms with Gasteiger partial charge in [-0.1, -0.05) is 22.9 Å². The summed E-state index contributed by atoms with van der Waals surface area (Å²) in [4.78, 5) is 0.299. The zero-order valence-electron chi connectivity index (χ0n) is 6.06. The summed E-state index contributed by atoms with van der Waals surface area (Å²) >= 11 is 3.41. The molecule has 0 N–H and O–H groups in total. The molecule has 0 amide bonds. The number of rotatable bonds is 4. The average Bonchev–Trinajstić information content (AvgIpc) is 1.90. The van der Waals surface area contributed by atoms with E-state index in [1.54, 1.807) is 14.2 Å². The maximum absolute atomic E-state index is 4.98. The molecule has 0 saturated heterocycles. The third-order valence-electron chi connectivity index (χ3n) is 1.15. The highest BCUT2D eigenvalue weighted by atomic mass is 79.9. The van der Waals surface area contributed by atoms with Crippen LogP contribution in [-0.4, -0.2) is 25.3 Å². The number of methoxy groups -OCH3 is 2. The van der Waals surface area contributed by atoms with Crippen molar-refractivity contribution < 1.29 is 9.47 Å². The van der Waals surface area contributed by atoms with Gasteiger partial charge in [-0.05, 0) is 6.42 Å². The van der Waals surface area contributed by atoms with Gasteiger partial charge >= 0.3 is 0 Å². The highest BCUT2D eigenvalue weighted by Gasteiger charge is 2.14. The Labute approximate surface area is 64.7 Å². The van der Waals surface area contributed by atoms with Crippen LogP contribution in [0.1, 0.15) is 13.3 Å². The number of hydrogen-bond donors (Lipinski definition) is 0. The Kier molecular flexibility index (Phi) is 5.44. The highest BCUT2D eigenvalue weighted by Crippen LogP contribution is 2.12. The maximum atomic E-state index is 4.98. The van der Waals surface area contributed by atoms with Crippen LogP contribution >= 0.6 is 15.9 Å². The van der Waals surface area contributed by atoms with Crippen LogP contribution < -0.4 is 0 Å². The van der Waals surface area contributed by atoms with Crippen molar-refractivity contribution in [2.45, 2.75) is 24.5 Å². The van der Waals surface area contributed by atoms with Gasteiger partial charge in [-0.25, -0.2) is 0 Å². The first kappa shape index (κ1) is 9.40. The lowest BCUT2D eigenvalue weighted by atomic mass is 10.3. The van der Waals surface area contributed by atoms with Crippen molar-refractivity contribution in [1.82, 2.24) is 0 Å². The molecule has 3 heteroatoms. The summed E-state index contributed by atoms with van der Waals surface area (Å²) in [5.74, 6) is 0. The van der Waals surface area contributed by atoms with E-state index < -0.39 is 0 Å². The van der Waals surface area contributed by atoms with Crippen LogP contribution in [0, 0.1) is 0 Å². The van der Waals surface area contributed by atoms with Gasteiger partial charge in [-0.3, -0.25) is 0 Å². The quantitative estimate of drug-likeness (QED) is 0.505. The first-order valence-corrected chi connectivity index (χ1v) is 3.87. The van der Waals surface area contributed by atoms with Crippen LogP contribution in [0.15, 0.2) is 0 Å². The average molecular weight is 197 g/mol. The molecule has 0 unspecified atom stereocenters. The smallest absolute Gasteiger partial charge is 0.169 e. The Hall–Kier alpha value is 0.400. The van der Waals surface area contributed by atoms with Gasteiger partial charge < -0.3 is 9.47 Å². The van der Waals surface area contributed by atoms with Crippen LogP contribution in [0.3, 0.4) is 0 Å². The molecule has 0 aliphatic rings. The summed E-state index contributed by atoms with van der Waals surface area (Å²) in [6.45, 7) is 2.07. The molecule has 1 atom stereocenters. The topological polar surface area (TPSA) is 18.5 Å². The summed E-state index contributed by atoms with van der Waals surface area (Å²) in [6, 6.07) is 0. The first-order valence-electron chi connectivity index (χ1n) is 2.95. The Morgan fingerprint density at radius 3 is 1.89 bits per heavy atom. The molecule has 2 nitrogen and oxygen atoms in total. The van der Waals surface area contributed by atoms with E-state index in [0.29, 0.717) is 4.83 Å². The highest BCUT2D eigenvalue weighted by molar-refractivity contribution is 9.09. The Bertz CT molecular complexity index is 64.1. The van der Waals surface area contributed by atoms with E-state index in [1.165, 1.54) is 0 Å². The van der Waals surface area contributed by atoms with Crippen LogP contribution in [0.4, 0.5) is 0 Å². The fraction of sp³-hybridized carbons (Fsp3) is 1.00. The van der Waals surface area contributed by atoms with Gasteiger partial charge in [0.25, 0.3) is 0 Å². The molecule has 0 spiro atoms. The molecule has 0 bridgehead atoms. The van der Waals surface area contributed by atoms with Gasteiger partial charge in [0.2, 0.25) is 0 Å². The fourth-order valence-corrected chi connectivity index (χ4v) is 1.02. The van der Waals surface area contributed by atoms with Crippen molar-refractivity contribution in [3.05, 3.63) is 0 Å². The second kappa shape index (κ2) is 5.21. The minimum Gasteiger partial charge on any atom is -0.355 e. The van der Waals surface area contributed by atoms with Gasteiger partial charge in [-0.2, -0.15) is 0 Å². The molecule has 56 valence electrons. The standard InChI is InChI=1S/C6H13BrO2/c1-4-5(7)6(8-2)9-3/h5-6H,4H2,1-3H3/t5-/m1/s1. The minimum atomic E-state index is -0.116. The largest absolute Gasteiger partial charge is 0.355 e. The second-order valence-corrected chi connectivity index (χ2v) is 2.94. The molecule has 0 radical (unpaired) electrons. The summed E-state index contributed by atoms with van der Waals surface area (Å²) in [5, 5.41) is 0. The maximum Gasteiger partial charge on any atom is 0.169 e. The predicted molar refractivity (Wildman–Crippen MR) is 40.8 cm³/mol. The number of ether oxygens (including phenoxy) is 2. The molecule has 0 aliphatic heterocycles. The van der Waals surface area contributed by atoms with Crippen molar-refractivity contribution in [2.24, 2.45) is 0 Å². The van der Waals surface area contributed by atoms with Crippen molar-refractivity contribution in [3.63, 3.8) is 0 Å². The van der Waals surface area contributed by atoms with Crippen molar-refractivity contribution >= 4 is 15.9 Å².